The van der Waals surface area contributed by atoms with Crippen LogP contribution in [0, 0.1) is 5.92 Å². The Labute approximate surface area is 119 Å². The number of hydrogen-bond acceptors (Lipinski definition) is 4. The summed E-state index contributed by atoms with van der Waals surface area (Å²) in [6.45, 7) is 7.01. The summed E-state index contributed by atoms with van der Waals surface area (Å²) in [5.74, 6) is 2.77. The summed E-state index contributed by atoms with van der Waals surface area (Å²) in [4.78, 5) is 4.48. The van der Waals surface area contributed by atoms with Crippen molar-refractivity contribution >= 4 is 0 Å². The van der Waals surface area contributed by atoms with E-state index in [0.717, 1.165) is 24.8 Å². The van der Waals surface area contributed by atoms with E-state index < -0.39 is 0 Å². The first-order valence-electron chi connectivity index (χ1n) is 7.39. The third-order valence-corrected chi connectivity index (χ3v) is 3.50. The average Bonchev–Trinajstić information content (AvgIpc) is 3.01. The molecule has 0 atom stereocenters. The largest absolute Gasteiger partial charge is 0.342 e. The van der Waals surface area contributed by atoms with Crippen LogP contribution in [-0.4, -0.2) is 21.3 Å². The van der Waals surface area contributed by atoms with Crippen LogP contribution in [0.2, 0.25) is 0 Å². The molecule has 0 spiro atoms. The Hall–Kier alpha value is -1.62. The molecule has 0 bridgehead atoms. The maximum Gasteiger partial charge on any atom is 0.229 e. The summed E-state index contributed by atoms with van der Waals surface area (Å²) >= 11 is 0. The zero-order valence-electron chi connectivity index (χ0n) is 12.2. The van der Waals surface area contributed by atoms with Gasteiger partial charge in [-0.2, -0.15) is 4.98 Å². The molecule has 0 saturated heterocycles. The van der Waals surface area contributed by atoms with Crippen molar-refractivity contribution < 1.29 is 4.52 Å². The normalized spacial score (nSPS) is 15.2. The smallest absolute Gasteiger partial charge is 0.229 e. The van der Waals surface area contributed by atoms with E-state index in [1.807, 2.05) is 0 Å². The van der Waals surface area contributed by atoms with Crippen LogP contribution in [0.4, 0.5) is 0 Å². The van der Waals surface area contributed by atoms with E-state index in [4.69, 9.17) is 4.52 Å². The Kier molecular flexibility index (Phi) is 3.87. The third-order valence-electron chi connectivity index (χ3n) is 3.50. The van der Waals surface area contributed by atoms with Crippen LogP contribution in [0.25, 0.3) is 0 Å². The van der Waals surface area contributed by atoms with Crippen molar-refractivity contribution in [2.45, 2.75) is 45.7 Å². The summed E-state index contributed by atoms with van der Waals surface area (Å²) in [5.41, 5.74) is 1.25. The minimum Gasteiger partial charge on any atom is -0.342 e. The van der Waals surface area contributed by atoms with Gasteiger partial charge in [0.15, 0.2) is 5.82 Å². The van der Waals surface area contributed by atoms with Gasteiger partial charge in [-0.3, -0.25) is 0 Å². The van der Waals surface area contributed by atoms with Crippen LogP contribution in [0.15, 0.2) is 22.9 Å². The number of hydrogen-bond donors (Lipinski definition) is 1. The minimum absolute atomic E-state index is 0.521. The number of aromatic nitrogens is 3. The Balaban J connectivity index is 1.60. The first-order chi connectivity index (χ1) is 9.72. The second-order valence-corrected chi connectivity index (χ2v) is 5.98. The Bertz CT molecular complexity index is 554. The molecule has 1 aliphatic rings. The lowest BCUT2D eigenvalue weighted by atomic mass is 10.2. The first-order valence-corrected chi connectivity index (χ1v) is 7.39. The quantitative estimate of drug-likeness (QED) is 0.843. The van der Waals surface area contributed by atoms with Crippen LogP contribution in [0.5, 0.6) is 0 Å². The molecule has 0 amide bonds. The fraction of sp³-hybridized carbons (Fsp3) is 0.600. The molecule has 0 aliphatic heterocycles. The lowest BCUT2D eigenvalue weighted by Gasteiger charge is -2.10. The van der Waals surface area contributed by atoms with Gasteiger partial charge in [-0.1, -0.05) is 19.0 Å². The monoisotopic (exact) mass is 274 g/mol. The van der Waals surface area contributed by atoms with Crippen LogP contribution < -0.4 is 5.32 Å². The van der Waals surface area contributed by atoms with Gasteiger partial charge in [0.1, 0.15) is 0 Å². The van der Waals surface area contributed by atoms with Crippen LogP contribution in [-0.2, 0) is 13.1 Å². The number of nitrogens with one attached hydrogen (secondary N) is 1. The maximum absolute atomic E-state index is 5.30. The second kappa shape index (κ2) is 5.79. The van der Waals surface area contributed by atoms with E-state index in [1.54, 1.807) is 0 Å². The molecule has 2 heterocycles. The summed E-state index contributed by atoms with van der Waals surface area (Å²) in [6, 6.07) is 4.20. The van der Waals surface area contributed by atoms with E-state index >= 15 is 0 Å². The first kappa shape index (κ1) is 13.4. The molecule has 2 aromatic rings. The minimum atomic E-state index is 0.521. The fourth-order valence-corrected chi connectivity index (χ4v) is 2.23. The molecule has 0 radical (unpaired) electrons. The van der Waals surface area contributed by atoms with Gasteiger partial charge in [-0.15, -0.1) is 0 Å². The molecule has 0 aromatic carbocycles. The molecule has 1 N–H and O–H groups in total. The zero-order valence-corrected chi connectivity index (χ0v) is 12.2. The predicted octanol–water partition coefficient (Wildman–Crippen LogP) is 2.54. The van der Waals surface area contributed by atoms with Gasteiger partial charge in [0.05, 0.1) is 6.54 Å². The highest BCUT2D eigenvalue weighted by molar-refractivity contribution is 5.09. The van der Waals surface area contributed by atoms with Crippen molar-refractivity contribution in [3.63, 3.8) is 0 Å². The molecule has 20 heavy (non-hydrogen) atoms. The third kappa shape index (κ3) is 3.28. The highest BCUT2D eigenvalue weighted by Gasteiger charge is 2.29. The van der Waals surface area contributed by atoms with Crippen molar-refractivity contribution in [1.29, 1.82) is 0 Å². The molecule has 1 fully saturated rings. The standard InChI is InChI=1S/C15H22N4O/c1-11(2)8-16-9-13-4-3-7-19(13)10-14-17-15(20-18-14)12-5-6-12/h3-4,7,11-12,16H,5-6,8-10H2,1-2H3. The van der Waals surface area contributed by atoms with Gasteiger partial charge in [0.2, 0.25) is 5.89 Å². The molecule has 1 saturated carbocycles. The molecule has 5 heteroatoms. The van der Waals surface area contributed by atoms with Gasteiger partial charge >= 0.3 is 0 Å². The van der Waals surface area contributed by atoms with Crippen molar-refractivity contribution in [3.8, 4) is 0 Å². The number of rotatable bonds is 7. The molecular formula is C15H22N4O. The van der Waals surface area contributed by atoms with Crippen molar-refractivity contribution in [2.75, 3.05) is 6.54 Å². The van der Waals surface area contributed by atoms with Gasteiger partial charge in [0.25, 0.3) is 0 Å². The second-order valence-electron chi connectivity index (χ2n) is 5.98. The lowest BCUT2D eigenvalue weighted by molar-refractivity contribution is 0.373. The highest BCUT2D eigenvalue weighted by Crippen LogP contribution is 2.38. The molecule has 5 nitrogen and oxygen atoms in total. The summed E-state index contributed by atoms with van der Waals surface area (Å²) in [7, 11) is 0. The summed E-state index contributed by atoms with van der Waals surface area (Å²) in [5, 5.41) is 7.54. The van der Waals surface area contributed by atoms with Crippen LogP contribution >= 0.6 is 0 Å². The Morgan fingerprint density at radius 1 is 1.45 bits per heavy atom. The Morgan fingerprint density at radius 2 is 2.30 bits per heavy atom. The average molecular weight is 274 g/mol. The topological polar surface area (TPSA) is 55.9 Å². The maximum atomic E-state index is 5.30. The fourth-order valence-electron chi connectivity index (χ4n) is 2.23. The molecule has 1 aliphatic carbocycles. The van der Waals surface area contributed by atoms with Crippen LogP contribution in [0.1, 0.15) is 50.0 Å². The SMILES string of the molecule is CC(C)CNCc1cccn1Cc1noc(C2CC2)n1. The van der Waals surface area contributed by atoms with Gasteiger partial charge in [-0.25, -0.2) is 0 Å². The lowest BCUT2D eigenvalue weighted by Crippen LogP contribution is -2.21. The van der Waals surface area contributed by atoms with Gasteiger partial charge in [0, 0.05) is 24.4 Å². The zero-order chi connectivity index (χ0) is 13.9. The summed E-state index contributed by atoms with van der Waals surface area (Å²) < 4.78 is 7.48. The Morgan fingerprint density at radius 3 is 3.05 bits per heavy atom. The predicted molar refractivity (Wildman–Crippen MR) is 76.4 cm³/mol. The van der Waals surface area contributed by atoms with Gasteiger partial charge < -0.3 is 14.4 Å². The van der Waals surface area contributed by atoms with Gasteiger partial charge in [-0.05, 0) is 37.4 Å². The molecule has 2 aromatic heterocycles. The van der Waals surface area contributed by atoms with Crippen LogP contribution in [0.3, 0.4) is 0 Å². The van der Waals surface area contributed by atoms with E-state index in [-0.39, 0.29) is 0 Å². The number of nitrogens with zero attached hydrogens (tertiary/aromatic N) is 3. The van der Waals surface area contributed by atoms with Crippen molar-refractivity contribution in [1.82, 2.24) is 20.0 Å². The van der Waals surface area contributed by atoms with Crippen molar-refractivity contribution in [2.24, 2.45) is 5.92 Å². The van der Waals surface area contributed by atoms with E-state index in [9.17, 15) is 0 Å². The highest BCUT2D eigenvalue weighted by atomic mass is 16.5. The molecule has 3 rings (SSSR count). The molecular weight excluding hydrogens is 252 g/mol. The van der Waals surface area contributed by atoms with Crippen molar-refractivity contribution in [3.05, 3.63) is 35.7 Å². The van der Waals surface area contributed by atoms with E-state index in [1.165, 1.54) is 18.5 Å². The van der Waals surface area contributed by atoms with E-state index in [0.29, 0.717) is 18.4 Å². The summed E-state index contributed by atoms with van der Waals surface area (Å²) in [6.07, 6.45) is 4.45. The van der Waals surface area contributed by atoms with E-state index in [2.05, 4.69) is 52.2 Å². The molecule has 0 unspecified atom stereocenters. The molecule has 108 valence electrons.